The van der Waals surface area contributed by atoms with E-state index in [1.807, 2.05) is 0 Å². The molecule has 2 aromatic rings. The number of aromatic nitrogens is 2. The first kappa shape index (κ1) is 14.8. The summed E-state index contributed by atoms with van der Waals surface area (Å²) in [7, 11) is 0. The van der Waals surface area contributed by atoms with Gasteiger partial charge >= 0.3 is 0 Å². The normalized spacial score (nSPS) is 11.0. The zero-order valence-corrected chi connectivity index (χ0v) is 12.0. The van der Waals surface area contributed by atoms with Gasteiger partial charge in [0, 0.05) is 5.69 Å². The van der Waals surface area contributed by atoms with Crippen LogP contribution in [0.25, 0.3) is 5.69 Å². The van der Waals surface area contributed by atoms with Crippen LogP contribution in [0.2, 0.25) is 10.3 Å². The quantitative estimate of drug-likeness (QED) is 0.455. The van der Waals surface area contributed by atoms with Crippen molar-refractivity contribution in [3.8, 4) is 11.8 Å². The number of halogens is 2. The Morgan fingerprint density at radius 2 is 2.05 bits per heavy atom. The molecule has 106 valence electrons. The molecule has 4 N–H and O–H groups in total. The van der Waals surface area contributed by atoms with Gasteiger partial charge in [0.1, 0.15) is 12.4 Å². The van der Waals surface area contributed by atoms with Crippen LogP contribution < -0.4 is 11.2 Å². The maximum atomic E-state index is 8.72. The van der Waals surface area contributed by atoms with Crippen LogP contribution in [0, 0.1) is 16.7 Å². The van der Waals surface area contributed by atoms with Gasteiger partial charge in [0.2, 0.25) is 5.71 Å². The maximum Gasteiger partial charge on any atom is 0.201 e. The van der Waals surface area contributed by atoms with Gasteiger partial charge in [0.05, 0.1) is 5.69 Å². The second-order valence-corrected chi connectivity index (χ2v) is 4.56. The minimum Gasteiger partial charge on any atom is -0.382 e. The highest BCUT2D eigenvalue weighted by molar-refractivity contribution is 6.45. The van der Waals surface area contributed by atoms with Gasteiger partial charge < -0.3 is 5.73 Å². The molecule has 0 fully saturated rings. The number of imidazole rings is 1. The number of rotatable bonds is 4. The lowest BCUT2D eigenvalue weighted by atomic mass is 10.3. The Balaban J connectivity index is 2.19. The number of benzene rings is 1. The summed E-state index contributed by atoms with van der Waals surface area (Å²) >= 11 is 11.8. The standard InChI is InChI=1S/C12H9Cl2N7/c13-10-11(14)21(6-18-10)8-3-1-7(2-4-8)19-20-9(5-15)12(16)17/h1-4,6,19H,(H3,16,17)/b20-9+. The van der Waals surface area contributed by atoms with E-state index in [9.17, 15) is 0 Å². The lowest BCUT2D eigenvalue weighted by Crippen LogP contribution is -2.21. The molecule has 7 nitrogen and oxygen atoms in total. The summed E-state index contributed by atoms with van der Waals surface area (Å²) < 4.78 is 1.62. The van der Waals surface area contributed by atoms with E-state index in [4.69, 9.17) is 39.6 Å². The van der Waals surface area contributed by atoms with Crippen molar-refractivity contribution in [3.63, 3.8) is 0 Å². The highest BCUT2D eigenvalue weighted by atomic mass is 35.5. The summed E-state index contributed by atoms with van der Waals surface area (Å²) in [6.07, 6.45) is 1.51. The number of hydrazone groups is 1. The van der Waals surface area contributed by atoms with Gasteiger partial charge in [-0.05, 0) is 24.3 Å². The summed E-state index contributed by atoms with van der Waals surface area (Å²) in [6, 6.07) is 8.68. The Morgan fingerprint density at radius 1 is 1.38 bits per heavy atom. The summed E-state index contributed by atoms with van der Waals surface area (Å²) in [5.41, 5.74) is 9.01. The van der Waals surface area contributed by atoms with Gasteiger partial charge in [-0.25, -0.2) is 4.98 Å². The van der Waals surface area contributed by atoms with Crippen molar-refractivity contribution in [1.82, 2.24) is 9.55 Å². The molecule has 9 heteroatoms. The van der Waals surface area contributed by atoms with E-state index in [0.717, 1.165) is 5.69 Å². The molecule has 2 rings (SSSR count). The topological polar surface area (TPSA) is 116 Å². The Hall–Kier alpha value is -2.56. The average molecular weight is 322 g/mol. The van der Waals surface area contributed by atoms with Crippen LogP contribution in [0.1, 0.15) is 0 Å². The third kappa shape index (κ3) is 3.31. The van der Waals surface area contributed by atoms with Gasteiger partial charge in [-0.3, -0.25) is 15.4 Å². The molecule has 0 aliphatic carbocycles. The van der Waals surface area contributed by atoms with Gasteiger partial charge in [0.25, 0.3) is 0 Å². The minimum absolute atomic E-state index is 0.191. The van der Waals surface area contributed by atoms with Crippen LogP contribution in [0.15, 0.2) is 35.7 Å². The van der Waals surface area contributed by atoms with E-state index in [0.29, 0.717) is 10.8 Å². The molecule has 0 aliphatic rings. The molecule has 21 heavy (non-hydrogen) atoms. The number of anilines is 1. The first-order valence-corrected chi connectivity index (χ1v) is 6.35. The maximum absolute atomic E-state index is 8.72. The summed E-state index contributed by atoms with van der Waals surface area (Å²) in [5, 5.41) is 20.1. The molecule has 0 radical (unpaired) electrons. The smallest absolute Gasteiger partial charge is 0.201 e. The van der Waals surface area contributed by atoms with Crippen molar-refractivity contribution >= 4 is 40.4 Å². The van der Waals surface area contributed by atoms with E-state index in [1.165, 1.54) is 6.33 Å². The number of nitrogens with zero attached hydrogens (tertiary/aromatic N) is 4. The Labute approximate surface area is 130 Å². The predicted molar refractivity (Wildman–Crippen MR) is 82.2 cm³/mol. The summed E-state index contributed by atoms with van der Waals surface area (Å²) in [5.74, 6) is -0.401. The summed E-state index contributed by atoms with van der Waals surface area (Å²) in [6.45, 7) is 0. The van der Waals surface area contributed by atoms with Crippen LogP contribution in [0.4, 0.5) is 5.69 Å². The van der Waals surface area contributed by atoms with Crippen molar-refractivity contribution in [2.75, 3.05) is 5.43 Å². The van der Waals surface area contributed by atoms with Crippen LogP contribution >= 0.6 is 23.2 Å². The van der Waals surface area contributed by atoms with Crippen molar-refractivity contribution in [2.45, 2.75) is 0 Å². The molecule has 0 bridgehead atoms. The number of nitrogens with one attached hydrogen (secondary N) is 2. The van der Waals surface area contributed by atoms with E-state index >= 15 is 0 Å². The largest absolute Gasteiger partial charge is 0.382 e. The fourth-order valence-corrected chi connectivity index (χ4v) is 1.78. The van der Waals surface area contributed by atoms with E-state index in [2.05, 4.69) is 15.5 Å². The number of hydrogen-bond acceptors (Lipinski definition) is 5. The lowest BCUT2D eigenvalue weighted by Gasteiger charge is -2.06. The SMILES string of the molecule is N#C/C(=N\Nc1ccc(-n2cnc(Cl)c2Cl)cc1)C(=N)N. The molecule has 1 aromatic heterocycles. The Kier molecular flexibility index (Phi) is 4.42. The van der Waals surface area contributed by atoms with Gasteiger partial charge in [-0.2, -0.15) is 10.4 Å². The second kappa shape index (κ2) is 6.26. The van der Waals surface area contributed by atoms with Gasteiger partial charge in [-0.1, -0.05) is 23.2 Å². The molecule has 0 unspecified atom stereocenters. The predicted octanol–water partition coefficient (Wildman–Crippen LogP) is 2.41. The molecule has 1 aromatic carbocycles. The zero-order valence-electron chi connectivity index (χ0n) is 10.5. The first-order valence-electron chi connectivity index (χ1n) is 5.60. The minimum atomic E-state index is -0.401. The molecule has 0 amide bonds. The van der Waals surface area contributed by atoms with Crippen LogP contribution in [0.3, 0.4) is 0 Å². The Morgan fingerprint density at radius 3 is 2.52 bits per heavy atom. The number of nitriles is 1. The third-order valence-electron chi connectivity index (χ3n) is 2.47. The van der Waals surface area contributed by atoms with Crippen LogP contribution in [-0.4, -0.2) is 21.1 Å². The fourth-order valence-electron chi connectivity index (χ4n) is 1.45. The Bertz CT molecular complexity index is 740. The first-order chi connectivity index (χ1) is 10.0. The summed E-state index contributed by atoms with van der Waals surface area (Å²) in [4.78, 5) is 3.89. The number of nitrogens with two attached hydrogens (primary N) is 1. The highest BCUT2D eigenvalue weighted by Gasteiger charge is 2.07. The highest BCUT2D eigenvalue weighted by Crippen LogP contribution is 2.24. The van der Waals surface area contributed by atoms with Crippen molar-refractivity contribution < 1.29 is 0 Å². The van der Waals surface area contributed by atoms with Crippen LogP contribution in [-0.2, 0) is 0 Å². The van der Waals surface area contributed by atoms with Crippen LogP contribution in [0.5, 0.6) is 0 Å². The molecule has 0 saturated carbocycles. The molecule has 0 atom stereocenters. The molecule has 0 aliphatic heterocycles. The zero-order chi connectivity index (χ0) is 15.4. The second-order valence-electron chi connectivity index (χ2n) is 3.84. The van der Waals surface area contributed by atoms with Gasteiger partial charge in [0.15, 0.2) is 16.1 Å². The number of hydrogen-bond donors (Lipinski definition) is 3. The third-order valence-corrected chi connectivity index (χ3v) is 3.21. The molecule has 0 saturated heterocycles. The lowest BCUT2D eigenvalue weighted by molar-refractivity contribution is 1.06. The fraction of sp³-hybridized carbons (Fsp3) is 0. The van der Waals surface area contributed by atoms with Crippen molar-refractivity contribution in [3.05, 3.63) is 40.9 Å². The monoisotopic (exact) mass is 321 g/mol. The molecule has 1 heterocycles. The van der Waals surface area contributed by atoms with Crippen molar-refractivity contribution in [2.24, 2.45) is 10.8 Å². The number of amidine groups is 1. The molecular weight excluding hydrogens is 313 g/mol. The van der Waals surface area contributed by atoms with E-state index < -0.39 is 5.84 Å². The molecule has 0 spiro atoms. The van der Waals surface area contributed by atoms with Gasteiger partial charge in [-0.15, -0.1) is 0 Å². The average Bonchev–Trinajstić information content (AvgIpc) is 2.80. The van der Waals surface area contributed by atoms with E-state index in [-0.39, 0.29) is 10.9 Å². The van der Waals surface area contributed by atoms with E-state index in [1.54, 1.807) is 34.9 Å². The van der Waals surface area contributed by atoms with Crippen molar-refractivity contribution in [1.29, 1.82) is 10.7 Å². The molecular formula is C12H9Cl2N7.